The summed E-state index contributed by atoms with van der Waals surface area (Å²) in [6.07, 6.45) is 9.51. The van der Waals surface area contributed by atoms with E-state index in [4.69, 9.17) is 10.7 Å². The Morgan fingerprint density at radius 3 is 2.69 bits per heavy atom. The summed E-state index contributed by atoms with van der Waals surface area (Å²) in [7, 11) is 1.93. The summed E-state index contributed by atoms with van der Waals surface area (Å²) in [6, 6.07) is 0. The molecule has 3 atom stereocenters. The van der Waals surface area contributed by atoms with E-state index in [0.29, 0.717) is 18.4 Å². The fourth-order valence-electron chi connectivity index (χ4n) is 6.19. The van der Waals surface area contributed by atoms with Crippen LogP contribution in [0.25, 0.3) is 0 Å². The van der Waals surface area contributed by atoms with Gasteiger partial charge in [-0.1, -0.05) is 19.9 Å². The summed E-state index contributed by atoms with van der Waals surface area (Å²) < 4.78 is 16.5. The van der Waals surface area contributed by atoms with Crippen molar-refractivity contribution in [2.45, 2.75) is 45.4 Å². The summed E-state index contributed by atoms with van der Waals surface area (Å²) in [5, 5.41) is 7.22. The topological polar surface area (TPSA) is 95.9 Å². The smallest absolute Gasteiger partial charge is 0.198 e. The number of imidazole rings is 1. The number of rotatable bonds is 5. The Kier molecular flexibility index (Phi) is 6.76. The minimum atomic E-state index is -0.346. The minimum absolute atomic E-state index is 0.0954. The van der Waals surface area contributed by atoms with Crippen molar-refractivity contribution >= 4 is 18.5 Å². The highest BCUT2D eigenvalue weighted by molar-refractivity contribution is 5.83. The third kappa shape index (κ3) is 4.49. The maximum atomic E-state index is 14.6. The van der Waals surface area contributed by atoms with Gasteiger partial charge in [0.25, 0.3) is 0 Å². The number of nitrogens with two attached hydrogens (primary N) is 1. The molecule has 2 saturated heterocycles. The molecule has 0 radical (unpaired) electrons. The molecule has 2 fully saturated rings. The second kappa shape index (κ2) is 9.84. The number of aryl methyl sites for hydroxylation is 1. The van der Waals surface area contributed by atoms with Crippen molar-refractivity contribution in [3.63, 3.8) is 0 Å². The Morgan fingerprint density at radius 1 is 1.25 bits per heavy atom. The summed E-state index contributed by atoms with van der Waals surface area (Å²) >= 11 is 0. The zero-order valence-corrected chi connectivity index (χ0v) is 21.7. The van der Waals surface area contributed by atoms with Crippen LogP contribution in [0.3, 0.4) is 0 Å². The number of hydrogen-bond acceptors (Lipinski definition) is 7. The van der Waals surface area contributed by atoms with Gasteiger partial charge in [-0.05, 0) is 61.9 Å². The molecule has 36 heavy (non-hydrogen) atoms. The van der Waals surface area contributed by atoms with Gasteiger partial charge < -0.3 is 25.8 Å². The highest BCUT2D eigenvalue weighted by Gasteiger charge is 2.39. The molecule has 0 aromatic carbocycles. The second-order valence-corrected chi connectivity index (χ2v) is 10.9. The van der Waals surface area contributed by atoms with Crippen molar-refractivity contribution in [1.29, 1.82) is 0 Å². The van der Waals surface area contributed by atoms with E-state index in [2.05, 4.69) is 46.1 Å². The van der Waals surface area contributed by atoms with Crippen LogP contribution in [0.2, 0.25) is 0 Å². The lowest BCUT2D eigenvalue weighted by molar-refractivity contribution is 0.165. The fraction of sp³-hybridized carbons (Fsp3) is 0.593. The van der Waals surface area contributed by atoms with Crippen LogP contribution in [-0.2, 0) is 7.05 Å². The number of nitrogens with one attached hydrogen (secondary N) is 2. The molecule has 1 spiro atoms. The van der Waals surface area contributed by atoms with Crippen LogP contribution in [0.5, 0.6) is 0 Å². The van der Waals surface area contributed by atoms with E-state index in [1.54, 1.807) is 18.5 Å². The summed E-state index contributed by atoms with van der Waals surface area (Å²) in [5.74, 6) is 1.47. The van der Waals surface area contributed by atoms with E-state index < -0.39 is 0 Å². The van der Waals surface area contributed by atoms with E-state index in [1.807, 2.05) is 11.6 Å². The first kappa shape index (κ1) is 24.7. The second-order valence-electron chi connectivity index (χ2n) is 10.9. The highest BCUT2D eigenvalue weighted by Crippen LogP contribution is 2.40. The number of guanidine groups is 1. The summed E-state index contributed by atoms with van der Waals surface area (Å²) in [6.45, 7) is 12.9. The van der Waals surface area contributed by atoms with Gasteiger partial charge in [0.1, 0.15) is 5.83 Å². The monoisotopic (exact) mass is 494 g/mol. The first-order valence-corrected chi connectivity index (χ1v) is 13.1. The quantitative estimate of drug-likeness (QED) is 0.545. The number of likely N-dealkylation sites (tertiary alicyclic amines) is 1. The molecule has 3 aliphatic heterocycles. The third-order valence-corrected chi connectivity index (χ3v) is 8.85. The van der Waals surface area contributed by atoms with E-state index in [0.717, 1.165) is 49.3 Å². The fourth-order valence-corrected chi connectivity index (χ4v) is 6.19. The lowest BCUT2D eigenvalue weighted by atomic mass is 9.78. The summed E-state index contributed by atoms with van der Waals surface area (Å²) in [5.41, 5.74) is 9.65. The van der Waals surface area contributed by atoms with Gasteiger partial charge in [-0.2, -0.15) is 0 Å². The average Bonchev–Trinajstić information content (AvgIpc) is 3.51. The van der Waals surface area contributed by atoms with Crippen LogP contribution in [0.4, 0.5) is 10.2 Å². The van der Waals surface area contributed by atoms with E-state index in [9.17, 15) is 4.39 Å². The SMILES string of the molecule is C=Nc1c(C(C)C(C)C2=C(C3C=C(F)C(N)=CC3)NC(N3CCC4(CCNC4)CC3)=NC2)ncn1C. The van der Waals surface area contributed by atoms with Gasteiger partial charge in [-0.15, -0.1) is 0 Å². The van der Waals surface area contributed by atoms with Crippen LogP contribution in [0.1, 0.15) is 51.1 Å². The molecule has 194 valence electrons. The van der Waals surface area contributed by atoms with Gasteiger partial charge in [0.15, 0.2) is 11.8 Å². The first-order valence-electron chi connectivity index (χ1n) is 13.1. The molecule has 0 bridgehead atoms. The van der Waals surface area contributed by atoms with Crippen molar-refractivity contribution in [3.05, 3.63) is 47.0 Å². The van der Waals surface area contributed by atoms with Crippen molar-refractivity contribution in [3.8, 4) is 0 Å². The largest absolute Gasteiger partial charge is 0.397 e. The predicted molar refractivity (Wildman–Crippen MR) is 143 cm³/mol. The molecule has 0 amide bonds. The molecular weight excluding hydrogens is 455 g/mol. The zero-order valence-electron chi connectivity index (χ0n) is 21.7. The van der Waals surface area contributed by atoms with Gasteiger partial charge >= 0.3 is 0 Å². The number of hydrogen-bond donors (Lipinski definition) is 3. The Labute approximate surface area is 213 Å². The Bertz CT molecular complexity index is 1130. The molecule has 1 aliphatic carbocycles. The highest BCUT2D eigenvalue weighted by atomic mass is 19.1. The third-order valence-electron chi connectivity index (χ3n) is 8.85. The van der Waals surface area contributed by atoms with Crippen molar-refractivity contribution < 1.29 is 4.39 Å². The van der Waals surface area contributed by atoms with Gasteiger partial charge in [0, 0.05) is 44.2 Å². The Balaban J connectivity index is 1.41. The van der Waals surface area contributed by atoms with Crippen LogP contribution >= 0.6 is 0 Å². The number of halogens is 1. The molecule has 1 aromatic rings. The minimum Gasteiger partial charge on any atom is -0.397 e. The molecular formula is C27H39FN8. The first-order chi connectivity index (χ1) is 17.3. The molecule has 4 aliphatic rings. The molecule has 0 saturated carbocycles. The predicted octanol–water partition coefficient (Wildman–Crippen LogP) is 3.50. The van der Waals surface area contributed by atoms with Gasteiger partial charge in [-0.3, -0.25) is 0 Å². The number of allylic oxidation sites excluding steroid dienone is 3. The molecule has 1 aromatic heterocycles. The number of piperidine rings is 1. The molecule has 3 unspecified atom stereocenters. The average molecular weight is 495 g/mol. The number of aromatic nitrogens is 2. The van der Waals surface area contributed by atoms with Crippen LogP contribution in [-0.4, -0.2) is 59.9 Å². The number of nitrogens with zero attached hydrogens (tertiary/aromatic N) is 5. The van der Waals surface area contributed by atoms with Gasteiger partial charge in [0.05, 0.1) is 24.3 Å². The van der Waals surface area contributed by atoms with E-state index in [1.165, 1.54) is 24.8 Å². The standard InChI is InChI=1S/C27H39FN8/c1-17(18(2)23-25(30-3)35(4)16-33-23)20-14-32-26(34-24(20)19-5-6-22(29)21(28)13-19)36-11-8-27(9-12-36)7-10-31-15-27/h6,13,16-19,31H,3,5,7-12,14-15,29H2,1-2,4H3,(H,32,34). The zero-order chi connectivity index (χ0) is 25.4. The van der Waals surface area contributed by atoms with Gasteiger partial charge in [0.2, 0.25) is 0 Å². The van der Waals surface area contributed by atoms with E-state index in [-0.39, 0.29) is 29.3 Å². The van der Waals surface area contributed by atoms with Gasteiger partial charge in [-0.25, -0.2) is 19.4 Å². The van der Waals surface area contributed by atoms with Crippen LogP contribution in [0.15, 0.2) is 51.3 Å². The lowest BCUT2D eigenvalue weighted by Crippen LogP contribution is -2.50. The maximum absolute atomic E-state index is 14.6. The Morgan fingerprint density at radius 2 is 2.03 bits per heavy atom. The van der Waals surface area contributed by atoms with Crippen molar-refractivity contribution in [1.82, 2.24) is 25.1 Å². The molecule has 4 N–H and O–H groups in total. The molecule has 8 nitrogen and oxygen atoms in total. The van der Waals surface area contributed by atoms with Crippen molar-refractivity contribution in [2.75, 3.05) is 32.7 Å². The molecule has 4 heterocycles. The van der Waals surface area contributed by atoms with E-state index >= 15 is 0 Å². The van der Waals surface area contributed by atoms with Crippen LogP contribution < -0.4 is 16.4 Å². The van der Waals surface area contributed by atoms with Crippen LogP contribution in [0, 0.1) is 17.3 Å². The Hall–Kier alpha value is -2.94. The maximum Gasteiger partial charge on any atom is 0.198 e. The summed E-state index contributed by atoms with van der Waals surface area (Å²) in [4.78, 5) is 16.2. The molecule has 9 heteroatoms. The normalized spacial score (nSPS) is 25.7. The lowest BCUT2D eigenvalue weighted by Gasteiger charge is -2.42. The molecule has 5 rings (SSSR count). The van der Waals surface area contributed by atoms with Crippen molar-refractivity contribution in [2.24, 2.45) is 40.0 Å². The number of aliphatic imine (C=N–C) groups is 2.